The largest absolute Gasteiger partial charge is 0.480 e. The van der Waals surface area contributed by atoms with Crippen molar-refractivity contribution in [2.24, 2.45) is 0 Å². The van der Waals surface area contributed by atoms with Crippen molar-refractivity contribution in [3.63, 3.8) is 0 Å². The molecule has 0 aliphatic rings. The highest BCUT2D eigenvalue weighted by molar-refractivity contribution is 6.31. The van der Waals surface area contributed by atoms with E-state index >= 15 is 0 Å². The Morgan fingerprint density at radius 2 is 2.20 bits per heavy atom. The summed E-state index contributed by atoms with van der Waals surface area (Å²) in [5, 5.41) is 17.3. The number of carboxylic acid groups (broad SMARTS) is 1. The maximum atomic E-state index is 11.4. The molecule has 0 saturated heterocycles. The van der Waals surface area contributed by atoms with Gasteiger partial charge in [-0.25, -0.2) is 0 Å². The minimum absolute atomic E-state index is 0.142. The minimum Gasteiger partial charge on any atom is -0.480 e. The summed E-state index contributed by atoms with van der Waals surface area (Å²) >= 11 is 5.94. The number of unbranched alkanes of at least 4 members (excludes halogenated alkanes) is 1. The summed E-state index contributed by atoms with van der Waals surface area (Å²) < 4.78 is 1.86. The zero-order valence-corrected chi connectivity index (χ0v) is 13.4. The zero-order valence-electron chi connectivity index (χ0n) is 12.6. The van der Waals surface area contributed by atoms with Crippen LogP contribution in [0.3, 0.4) is 0 Å². The van der Waals surface area contributed by atoms with Crippen molar-refractivity contribution < 1.29 is 9.90 Å². The number of aryl methyl sites for hydroxylation is 1. The summed E-state index contributed by atoms with van der Waals surface area (Å²) in [6.45, 7) is 8.34. The molecule has 1 aromatic rings. The number of hydrogen-bond acceptors (Lipinski definition) is 3. The first kappa shape index (κ1) is 17.0. The average molecular weight is 302 g/mol. The molecule has 1 heterocycles. The van der Waals surface area contributed by atoms with Gasteiger partial charge in [0.1, 0.15) is 5.54 Å². The Morgan fingerprint density at radius 1 is 1.55 bits per heavy atom. The van der Waals surface area contributed by atoms with Crippen molar-refractivity contribution in [3.8, 4) is 0 Å². The van der Waals surface area contributed by atoms with Gasteiger partial charge in [-0.3, -0.25) is 14.8 Å². The van der Waals surface area contributed by atoms with E-state index in [4.69, 9.17) is 11.6 Å². The summed E-state index contributed by atoms with van der Waals surface area (Å²) in [6.07, 6.45) is 3.92. The summed E-state index contributed by atoms with van der Waals surface area (Å²) in [5.41, 5.74) is 0.0818. The quantitative estimate of drug-likeness (QED) is 0.725. The van der Waals surface area contributed by atoms with Gasteiger partial charge < -0.3 is 5.11 Å². The van der Waals surface area contributed by atoms with Gasteiger partial charge in [0.2, 0.25) is 0 Å². The van der Waals surface area contributed by atoms with Crippen molar-refractivity contribution >= 4 is 17.6 Å². The number of nitrogens with one attached hydrogen (secondary N) is 1. The second kappa shape index (κ2) is 7.09. The van der Waals surface area contributed by atoms with Crippen LogP contribution >= 0.6 is 11.6 Å². The molecule has 0 amide bonds. The zero-order chi connectivity index (χ0) is 15.3. The Hall–Kier alpha value is -1.07. The first-order chi connectivity index (χ1) is 9.26. The van der Waals surface area contributed by atoms with Gasteiger partial charge in [-0.2, -0.15) is 5.10 Å². The highest BCUT2D eigenvalue weighted by atomic mass is 35.5. The van der Waals surface area contributed by atoms with E-state index in [0.29, 0.717) is 11.4 Å². The molecule has 6 heteroatoms. The Labute approximate surface area is 125 Å². The molecule has 1 rings (SSSR count). The number of nitrogens with zero attached hydrogens (tertiary/aromatic N) is 2. The molecule has 0 radical (unpaired) electrons. The number of rotatable bonds is 8. The predicted octanol–water partition coefficient (Wildman–Crippen LogP) is 2.86. The first-order valence-electron chi connectivity index (χ1n) is 6.95. The van der Waals surface area contributed by atoms with Gasteiger partial charge in [0, 0.05) is 12.6 Å². The lowest BCUT2D eigenvalue weighted by Crippen LogP contribution is -2.52. The van der Waals surface area contributed by atoms with Crippen LogP contribution in [0.4, 0.5) is 0 Å². The Bertz CT molecular complexity index is 459. The molecular formula is C14H24ClN3O2. The van der Waals surface area contributed by atoms with Gasteiger partial charge in [0.25, 0.3) is 0 Å². The summed E-state index contributed by atoms with van der Waals surface area (Å²) in [5.74, 6) is -0.801. The van der Waals surface area contributed by atoms with E-state index in [2.05, 4.69) is 10.4 Å². The van der Waals surface area contributed by atoms with E-state index in [9.17, 15) is 9.90 Å². The fraction of sp³-hybridized carbons (Fsp3) is 0.714. The van der Waals surface area contributed by atoms with Crippen LogP contribution in [-0.2, 0) is 11.3 Å². The van der Waals surface area contributed by atoms with Crippen molar-refractivity contribution in [2.45, 2.75) is 65.1 Å². The number of halogens is 1. The normalized spacial score (nSPS) is 14.5. The molecule has 0 aliphatic carbocycles. The van der Waals surface area contributed by atoms with Crippen LogP contribution in [0, 0.1) is 6.92 Å². The fourth-order valence-corrected chi connectivity index (χ4v) is 2.41. The van der Waals surface area contributed by atoms with E-state index in [-0.39, 0.29) is 6.04 Å². The third kappa shape index (κ3) is 4.49. The SMILES string of the molecule is Cc1c(Cl)cnn1CCCCC(C)(NC(C)C)C(=O)O. The Balaban J connectivity index is 2.45. The van der Waals surface area contributed by atoms with Crippen LogP contribution in [0.5, 0.6) is 0 Å². The molecule has 114 valence electrons. The average Bonchev–Trinajstić information content (AvgIpc) is 2.65. The molecule has 1 unspecified atom stereocenters. The highest BCUT2D eigenvalue weighted by Crippen LogP contribution is 2.17. The second-order valence-corrected chi connectivity index (χ2v) is 6.10. The third-order valence-corrected chi connectivity index (χ3v) is 3.79. The maximum Gasteiger partial charge on any atom is 0.323 e. The lowest BCUT2D eigenvalue weighted by Gasteiger charge is -2.28. The Morgan fingerprint density at radius 3 is 2.65 bits per heavy atom. The second-order valence-electron chi connectivity index (χ2n) is 5.69. The van der Waals surface area contributed by atoms with Crippen molar-refractivity contribution in [3.05, 3.63) is 16.9 Å². The maximum absolute atomic E-state index is 11.4. The predicted molar refractivity (Wildman–Crippen MR) is 80.1 cm³/mol. The molecule has 2 N–H and O–H groups in total. The van der Waals surface area contributed by atoms with Crippen LogP contribution in [0.15, 0.2) is 6.20 Å². The van der Waals surface area contributed by atoms with Crippen LogP contribution < -0.4 is 5.32 Å². The monoisotopic (exact) mass is 301 g/mol. The van der Waals surface area contributed by atoms with Gasteiger partial charge in [0.15, 0.2) is 0 Å². The van der Waals surface area contributed by atoms with Gasteiger partial charge >= 0.3 is 5.97 Å². The van der Waals surface area contributed by atoms with Crippen molar-refractivity contribution in [2.75, 3.05) is 0 Å². The van der Waals surface area contributed by atoms with Gasteiger partial charge in [-0.15, -0.1) is 0 Å². The number of hydrogen-bond donors (Lipinski definition) is 2. The molecule has 1 atom stereocenters. The van der Waals surface area contributed by atoms with E-state index in [1.807, 2.05) is 25.5 Å². The smallest absolute Gasteiger partial charge is 0.323 e. The van der Waals surface area contributed by atoms with Gasteiger partial charge in [0.05, 0.1) is 16.9 Å². The molecular weight excluding hydrogens is 278 g/mol. The first-order valence-corrected chi connectivity index (χ1v) is 7.33. The molecule has 0 saturated carbocycles. The molecule has 0 fully saturated rings. The number of carboxylic acids is 1. The van der Waals surface area contributed by atoms with Gasteiger partial charge in [-0.1, -0.05) is 11.6 Å². The topological polar surface area (TPSA) is 67.2 Å². The number of aromatic nitrogens is 2. The fourth-order valence-electron chi connectivity index (χ4n) is 2.27. The highest BCUT2D eigenvalue weighted by Gasteiger charge is 2.32. The van der Waals surface area contributed by atoms with E-state index in [0.717, 1.165) is 25.1 Å². The van der Waals surface area contributed by atoms with Crippen LogP contribution in [0.25, 0.3) is 0 Å². The lowest BCUT2D eigenvalue weighted by molar-refractivity contribution is -0.144. The number of carbonyl (C=O) groups is 1. The molecule has 0 aromatic carbocycles. The molecule has 1 aromatic heterocycles. The standard InChI is InChI=1S/C14H24ClN3O2/c1-10(2)17-14(4,13(19)20)7-5-6-8-18-11(3)12(15)9-16-18/h9-10,17H,5-8H2,1-4H3,(H,19,20). The van der Waals surface area contributed by atoms with Crippen LogP contribution in [0.1, 0.15) is 45.7 Å². The lowest BCUT2D eigenvalue weighted by atomic mass is 9.94. The summed E-state index contributed by atoms with van der Waals surface area (Å²) in [7, 11) is 0. The number of aliphatic carboxylic acids is 1. The molecule has 0 bridgehead atoms. The summed E-state index contributed by atoms with van der Waals surface area (Å²) in [6, 6.07) is 0.142. The van der Waals surface area contributed by atoms with Gasteiger partial charge in [-0.05, 0) is 47.0 Å². The molecule has 0 aliphatic heterocycles. The molecule has 5 nitrogen and oxygen atoms in total. The Kier molecular flexibility index (Phi) is 6.02. The minimum atomic E-state index is -0.870. The van der Waals surface area contributed by atoms with E-state index in [1.165, 1.54) is 0 Å². The van der Waals surface area contributed by atoms with E-state index in [1.54, 1.807) is 13.1 Å². The summed E-state index contributed by atoms with van der Waals surface area (Å²) in [4.78, 5) is 11.4. The van der Waals surface area contributed by atoms with Crippen LogP contribution in [-0.4, -0.2) is 32.4 Å². The third-order valence-electron chi connectivity index (χ3n) is 3.42. The molecule has 20 heavy (non-hydrogen) atoms. The molecule has 0 spiro atoms. The van der Waals surface area contributed by atoms with Crippen LogP contribution in [0.2, 0.25) is 5.02 Å². The van der Waals surface area contributed by atoms with Crippen molar-refractivity contribution in [1.82, 2.24) is 15.1 Å². The van der Waals surface area contributed by atoms with E-state index < -0.39 is 11.5 Å². The van der Waals surface area contributed by atoms with Crippen molar-refractivity contribution in [1.29, 1.82) is 0 Å².